The van der Waals surface area contributed by atoms with Crippen LogP contribution in [0.15, 0.2) is 9.98 Å². The summed E-state index contributed by atoms with van der Waals surface area (Å²) in [5.74, 6) is 0. The summed E-state index contributed by atoms with van der Waals surface area (Å²) in [6.45, 7) is 4.34. The Morgan fingerprint density at radius 2 is 1.15 bits per heavy atom. The molecule has 4 aliphatic rings. The molecule has 2 saturated carbocycles. The SMILES string of the molecule is [CH2]=[Ni]([Br])([Br])([C]1=N[C@@H](C)C2(CCCCC2)O1)[C]1=N[C@@H](C)C2(CCCCC2)O1. The Kier molecular flexibility index (Phi) is 4.81. The molecule has 2 spiro atoms. The Bertz CT molecular complexity index is 661. The third kappa shape index (κ3) is 2.99. The standard InChI is InChI=1S/2C9H14NO.CH2.2BrH.Ni/c2*1-8-9(11-7-10-8)5-3-2-4-6-9;;;;/h2*8H,2-6H2,1H3;1H2;2*1H;/q;;;;;+2/p-2/t2*8-;;;;/m00..../s1. The summed E-state index contributed by atoms with van der Waals surface area (Å²) in [4.78, 5) is 11.2. The number of halogens is 2. The van der Waals surface area contributed by atoms with Crippen LogP contribution >= 0.6 is 28.5 Å². The predicted molar refractivity (Wildman–Crippen MR) is 113 cm³/mol. The van der Waals surface area contributed by atoms with Gasteiger partial charge in [0.2, 0.25) is 0 Å². The fraction of sp³-hybridized carbons (Fsp3) is 0.842. The van der Waals surface area contributed by atoms with Crippen LogP contribution in [0.1, 0.15) is 78.1 Å². The van der Waals surface area contributed by atoms with Crippen LogP contribution < -0.4 is 0 Å². The molecule has 152 valence electrons. The number of ether oxygens (including phenoxy) is 2. The van der Waals surface area contributed by atoms with Crippen molar-refractivity contribution in [2.75, 3.05) is 0 Å². The number of aliphatic imine (C=N–C) groups is 2. The van der Waals surface area contributed by atoms with E-state index in [9.17, 15) is 0 Å². The van der Waals surface area contributed by atoms with Gasteiger partial charge >= 0.3 is 172 Å². The van der Waals surface area contributed by atoms with Crippen LogP contribution in [0.4, 0.5) is 0 Å². The third-order valence-electron chi connectivity index (χ3n) is 6.59. The summed E-state index contributed by atoms with van der Waals surface area (Å²) in [5, 5.41) is 0. The molecule has 26 heavy (non-hydrogen) atoms. The molecule has 2 aliphatic heterocycles. The van der Waals surface area contributed by atoms with E-state index in [-0.39, 0.29) is 23.3 Å². The van der Waals surface area contributed by atoms with E-state index in [0.29, 0.717) is 9.74 Å². The van der Waals surface area contributed by atoms with Crippen LogP contribution in [-0.2, 0) is 16.9 Å². The molecule has 0 unspecified atom stereocenters. The average Bonchev–Trinajstić information content (AvgIpc) is 3.09. The summed E-state index contributed by atoms with van der Waals surface area (Å²) < 4.78 is 13.2. The summed E-state index contributed by atoms with van der Waals surface area (Å²) in [5.41, 5.74) is 4.20. The van der Waals surface area contributed by atoms with E-state index in [1.165, 1.54) is 38.5 Å². The molecule has 0 N–H and O–H groups in total. The predicted octanol–water partition coefficient (Wildman–Crippen LogP) is 5.68. The number of rotatable bonds is 2. The Hall–Kier alpha value is 0.264. The van der Waals surface area contributed by atoms with E-state index in [1.54, 1.807) is 0 Å². The normalized spacial score (nSPS) is 34.5. The van der Waals surface area contributed by atoms with Gasteiger partial charge in [0, 0.05) is 0 Å². The maximum atomic E-state index is 6.58. The molecule has 0 bridgehead atoms. The number of hydrogen-bond acceptors (Lipinski definition) is 4. The maximum absolute atomic E-state index is 6.58. The van der Waals surface area contributed by atoms with Crippen LogP contribution in [0.3, 0.4) is 0 Å². The van der Waals surface area contributed by atoms with Gasteiger partial charge in [-0.15, -0.1) is 0 Å². The molecule has 4 rings (SSSR count). The Labute approximate surface area is 171 Å². The second-order valence-corrected chi connectivity index (χ2v) is 23.4. The van der Waals surface area contributed by atoms with E-state index in [4.69, 9.17) is 19.5 Å². The van der Waals surface area contributed by atoms with Crippen LogP contribution in [-0.4, -0.2) is 38.5 Å². The second kappa shape index (κ2) is 6.39. The van der Waals surface area contributed by atoms with Gasteiger partial charge in [-0.25, -0.2) is 0 Å². The van der Waals surface area contributed by atoms with Gasteiger partial charge in [-0.3, -0.25) is 0 Å². The minimum atomic E-state index is -3.02. The van der Waals surface area contributed by atoms with Gasteiger partial charge in [-0.2, -0.15) is 0 Å². The molecule has 0 saturated heterocycles. The van der Waals surface area contributed by atoms with Crippen molar-refractivity contribution in [3.8, 4) is 0 Å². The van der Waals surface area contributed by atoms with Gasteiger partial charge in [0.05, 0.1) is 0 Å². The zero-order valence-corrected chi connectivity index (χ0v) is 19.9. The van der Waals surface area contributed by atoms with Gasteiger partial charge in [0.15, 0.2) is 0 Å². The molecule has 7 heteroatoms. The molecular formula is C19H30Br2N2NiO2. The second-order valence-electron chi connectivity index (χ2n) is 8.27. The van der Waals surface area contributed by atoms with Crippen molar-refractivity contribution in [1.29, 1.82) is 0 Å². The summed E-state index contributed by atoms with van der Waals surface area (Å²) in [7, 11) is -3.02. The summed E-state index contributed by atoms with van der Waals surface area (Å²) in [6, 6.07) is 0.297. The molecule has 0 aromatic rings. The van der Waals surface area contributed by atoms with Crippen molar-refractivity contribution in [3.05, 3.63) is 0 Å². The zero-order valence-electron chi connectivity index (χ0n) is 15.7. The van der Waals surface area contributed by atoms with E-state index < -0.39 is 7.39 Å². The third-order valence-corrected chi connectivity index (χ3v) is 12.2. The van der Waals surface area contributed by atoms with Gasteiger partial charge in [-0.1, -0.05) is 0 Å². The fourth-order valence-corrected chi connectivity index (χ4v) is 8.51. The molecule has 0 aromatic carbocycles. The molecule has 2 heterocycles. The Balaban J connectivity index is 1.62. The van der Waals surface area contributed by atoms with Crippen LogP contribution in [0.5, 0.6) is 0 Å². The van der Waals surface area contributed by atoms with E-state index in [1.807, 2.05) is 0 Å². The average molecular weight is 537 g/mol. The molecule has 2 fully saturated rings. The minimum absolute atomic E-state index is 0.149. The van der Waals surface area contributed by atoms with E-state index in [0.717, 1.165) is 25.7 Å². The van der Waals surface area contributed by atoms with Gasteiger partial charge in [-0.05, 0) is 0 Å². The van der Waals surface area contributed by atoms with Gasteiger partial charge < -0.3 is 0 Å². The van der Waals surface area contributed by atoms with Crippen molar-refractivity contribution in [2.24, 2.45) is 9.98 Å². The first-order chi connectivity index (χ1) is 12.2. The van der Waals surface area contributed by atoms with Crippen LogP contribution in [0, 0.1) is 0 Å². The monoisotopic (exact) mass is 534 g/mol. The first-order valence-corrected chi connectivity index (χ1v) is 16.3. The first kappa shape index (κ1) is 19.6. The molecule has 2 aliphatic carbocycles. The van der Waals surface area contributed by atoms with Crippen molar-refractivity contribution < 1.29 is 16.9 Å². The van der Waals surface area contributed by atoms with Crippen molar-refractivity contribution in [1.82, 2.24) is 0 Å². The quantitative estimate of drug-likeness (QED) is 0.426. The number of nitrogens with zero attached hydrogens (tertiary/aromatic N) is 2. The molecule has 2 atom stereocenters. The number of hydrogen-bond donors (Lipinski definition) is 0. The molecular weight excluding hydrogens is 507 g/mol. The molecule has 0 aromatic heterocycles. The van der Waals surface area contributed by atoms with Crippen LogP contribution in [0.25, 0.3) is 0 Å². The molecule has 4 nitrogen and oxygen atoms in total. The van der Waals surface area contributed by atoms with Crippen LogP contribution in [0.2, 0.25) is 0 Å². The fourth-order valence-electron chi connectivity index (χ4n) is 4.73. The van der Waals surface area contributed by atoms with Gasteiger partial charge in [0.25, 0.3) is 0 Å². The first-order valence-electron chi connectivity index (χ1n) is 9.71. The Morgan fingerprint density at radius 1 is 0.808 bits per heavy atom. The topological polar surface area (TPSA) is 43.2 Å². The summed E-state index contributed by atoms with van der Waals surface area (Å²) >= 11 is 7.81. The van der Waals surface area contributed by atoms with Gasteiger partial charge in [0.1, 0.15) is 0 Å². The van der Waals surface area contributed by atoms with Crippen molar-refractivity contribution in [3.63, 3.8) is 0 Å². The van der Waals surface area contributed by atoms with Crippen molar-refractivity contribution >= 4 is 43.7 Å². The Morgan fingerprint density at radius 3 is 1.50 bits per heavy atom. The molecule has 0 radical (unpaired) electrons. The molecule has 0 amide bonds. The van der Waals surface area contributed by atoms with Crippen molar-refractivity contribution in [2.45, 2.75) is 101 Å². The summed E-state index contributed by atoms with van der Waals surface area (Å²) in [6.07, 6.45) is 11.7. The van der Waals surface area contributed by atoms with E-state index >= 15 is 0 Å². The zero-order chi connectivity index (χ0) is 18.7. The van der Waals surface area contributed by atoms with E-state index in [2.05, 4.69) is 47.8 Å².